The summed E-state index contributed by atoms with van der Waals surface area (Å²) in [4.78, 5) is 0. The van der Waals surface area contributed by atoms with Crippen LogP contribution in [0.2, 0.25) is 0 Å². The lowest BCUT2D eigenvalue weighted by Crippen LogP contribution is -2.74. The summed E-state index contributed by atoms with van der Waals surface area (Å²) in [6.07, 6.45) is 0. The van der Waals surface area contributed by atoms with Gasteiger partial charge in [-0.2, -0.15) is 0 Å². The molecule has 3 aliphatic carbocycles. The van der Waals surface area contributed by atoms with E-state index in [1.165, 1.54) is 92.7 Å². The Hall–Kier alpha value is -7.98. The Balaban J connectivity index is 1.01. The van der Waals surface area contributed by atoms with Gasteiger partial charge >= 0.3 is 0 Å². The van der Waals surface area contributed by atoms with E-state index in [1.807, 2.05) is 6.07 Å². The van der Waals surface area contributed by atoms with E-state index in [9.17, 15) is 0 Å². The summed E-state index contributed by atoms with van der Waals surface area (Å²) < 4.78 is 8.81. The molecule has 0 fully saturated rings. The summed E-state index contributed by atoms with van der Waals surface area (Å²) in [5.74, 6) is 0.394. The Labute approximate surface area is 378 Å². The summed E-state index contributed by atoms with van der Waals surface area (Å²) in [6.45, 7) is 0. The number of para-hydroxylation sites is 2. The zero-order valence-electron chi connectivity index (χ0n) is 35.5. The predicted octanol–water partition coefficient (Wildman–Crippen LogP) is 12.7. The van der Waals surface area contributed by atoms with Gasteiger partial charge in [0.2, 0.25) is 0 Å². The highest BCUT2D eigenvalue weighted by atomic mass is 28.3. The third kappa shape index (κ3) is 5.16. The van der Waals surface area contributed by atoms with Crippen molar-refractivity contribution in [2.45, 2.75) is 11.8 Å². The highest BCUT2D eigenvalue weighted by molar-refractivity contribution is 7.20. The van der Waals surface area contributed by atoms with E-state index in [4.69, 9.17) is 4.42 Å². The first-order chi connectivity index (χ1) is 32.3. The second-order valence-electron chi connectivity index (χ2n) is 17.9. The van der Waals surface area contributed by atoms with Crippen molar-refractivity contribution in [3.8, 4) is 16.8 Å². The van der Waals surface area contributed by atoms with Crippen LogP contribution in [0.1, 0.15) is 45.2 Å². The Morgan fingerprint density at radius 3 is 1.62 bits per heavy atom. The van der Waals surface area contributed by atoms with Crippen molar-refractivity contribution in [1.29, 1.82) is 0 Å². The molecular weight excluding hydrogens is 803 g/mol. The van der Waals surface area contributed by atoms with Gasteiger partial charge in [0.05, 0.1) is 11.0 Å². The lowest BCUT2D eigenvalue weighted by Gasteiger charge is -2.42. The number of hydrogen-bond donors (Lipinski definition) is 0. The molecule has 0 N–H and O–H groups in total. The molecule has 2 bridgehead atoms. The molecule has 0 saturated carbocycles. The van der Waals surface area contributed by atoms with E-state index in [1.54, 1.807) is 0 Å². The quantitative estimate of drug-likeness (QED) is 0.120. The fourth-order valence-electron chi connectivity index (χ4n) is 12.1. The summed E-state index contributed by atoms with van der Waals surface area (Å²) in [5.41, 5.74) is 16.5. The van der Waals surface area contributed by atoms with Crippen molar-refractivity contribution in [1.82, 2.24) is 4.57 Å². The molecule has 2 heterocycles. The zero-order chi connectivity index (χ0) is 42.6. The van der Waals surface area contributed by atoms with E-state index in [0.717, 1.165) is 21.9 Å². The Bertz CT molecular complexity index is 3770. The molecule has 0 spiro atoms. The Kier molecular flexibility index (Phi) is 7.87. The van der Waals surface area contributed by atoms with Gasteiger partial charge in [0.25, 0.3) is 0 Å². The SMILES string of the molecule is c1ccc([Si](c2ccccc2)(c2cccc(-c3ccc4oc5ccccc5c4c3)c2)c2cccc(-n3c4ccccc4c4c5c(ccc43)C3c4ccccc4C5c4ccccc43)c2)cc1. The van der Waals surface area contributed by atoms with Crippen molar-refractivity contribution in [3.63, 3.8) is 0 Å². The van der Waals surface area contributed by atoms with Crippen molar-refractivity contribution in [3.05, 3.63) is 270 Å². The number of aromatic nitrogens is 1. The molecule has 3 aliphatic rings. The van der Waals surface area contributed by atoms with Gasteiger partial charge in [-0.05, 0) is 108 Å². The molecule has 0 aliphatic heterocycles. The van der Waals surface area contributed by atoms with Gasteiger partial charge in [-0.1, -0.05) is 194 Å². The molecule has 12 aromatic rings. The standard InChI is InChI=1S/C62H41NOSi/c1-3-19-43(20-4-1)65(44-21-5-2-6-22-44,45-23-15-17-40(37-45)41-33-36-58-54(38-41)47-25-12-14-32-57(47)64-58)46-24-16-18-42(39-46)63-55-31-13-11-30-52(55)61-56(63)35-34-53-59-48-26-7-9-28-50(48)60(62(53)61)51-29-10-8-27-49(51)59/h1-39,59-60H. The van der Waals surface area contributed by atoms with E-state index in [0.29, 0.717) is 0 Å². The van der Waals surface area contributed by atoms with Crippen LogP contribution in [-0.4, -0.2) is 12.6 Å². The van der Waals surface area contributed by atoms with E-state index in [-0.39, 0.29) is 11.8 Å². The van der Waals surface area contributed by atoms with E-state index in [2.05, 4.69) is 235 Å². The van der Waals surface area contributed by atoms with Gasteiger partial charge in [-0.3, -0.25) is 0 Å². The van der Waals surface area contributed by atoms with Gasteiger partial charge in [0, 0.05) is 39.1 Å². The van der Waals surface area contributed by atoms with Crippen molar-refractivity contribution < 1.29 is 4.42 Å². The molecule has 10 aromatic carbocycles. The molecule has 65 heavy (non-hydrogen) atoms. The Morgan fingerprint density at radius 2 is 0.892 bits per heavy atom. The average Bonchev–Trinajstić information content (AvgIpc) is 3.93. The van der Waals surface area contributed by atoms with Crippen LogP contribution < -0.4 is 20.7 Å². The summed E-state index contributed by atoms with van der Waals surface area (Å²) in [6, 6.07) is 88.8. The van der Waals surface area contributed by atoms with Gasteiger partial charge in [0.1, 0.15) is 11.2 Å². The van der Waals surface area contributed by atoms with Crippen LogP contribution >= 0.6 is 0 Å². The van der Waals surface area contributed by atoms with Crippen LogP contribution in [0.15, 0.2) is 241 Å². The number of rotatable bonds is 6. The maximum atomic E-state index is 6.26. The second kappa shape index (κ2) is 14.0. The molecule has 0 saturated heterocycles. The summed E-state index contributed by atoms with van der Waals surface area (Å²) in [5, 5.41) is 10.3. The zero-order valence-corrected chi connectivity index (χ0v) is 36.5. The molecule has 0 amide bonds. The van der Waals surface area contributed by atoms with E-state index >= 15 is 0 Å². The summed E-state index contributed by atoms with van der Waals surface area (Å²) >= 11 is 0. The summed E-state index contributed by atoms with van der Waals surface area (Å²) in [7, 11) is -2.97. The molecule has 2 aromatic heterocycles. The first-order valence-electron chi connectivity index (χ1n) is 22.7. The third-order valence-corrected chi connectivity index (χ3v) is 19.5. The van der Waals surface area contributed by atoms with Crippen molar-refractivity contribution >= 4 is 72.6 Å². The highest BCUT2D eigenvalue weighted by Gasteiger charge is 2.44. The van der Waals surface area contributed by atoms with Crippen molar-refractivity contribution in [2.24, 2.45) is 0 Å². The maximum Gasteiger partial charge on any atom is 0.179 e. The minimum absolute atomic E-state index is 0.174. The fraction of sp³-hybridized carbons (Fsp3) is 0.0323. The first kappa shape index (κ1) is 36.5. The fourth-order valence-corrected chi connectivity index (χ4v) is 16.9. The Morgan fingerprint density at radius 1 is 0.338 bits per heavy atom. The monoisotopic (exact) mass is 843 g/mol. The third-order valence-electron chi connectivity index (χ3n) is 14.7. The van der Waals surface area contributed by atoms with Gasteiger partial charge < -0.3 is 8.98 Å². The normalized spacial score (nSPS) is 15.1. The second-order valence-corrected chi connectivity index (χ2v) is 21.7. The van der Waals surface area contributed by atoms with Crippen LogP contribution in [0.3, 0.4) is 0 Å². The number of fused-ring (bicyclic) bond motifs is 6. The number of hydrogen-bond acceptors (Lipinski definition) is 1. The van der Waals surface area contributed by atoms with Crippen LogP contribution in [0, 0.1) is 0 Å². The number of nitrogens with zero attached hydrogens (tertiary/aromatic N) is 1. The minimum atomic E-state index is -2.97. The minimum Gasteiger partial charge on any atom is -0.456 e. The molecule has 0 unspecified atom stereocenters. The van der Waals surface area contributed by atoms with Crippen LogP contribution in [0.5, 0.6) is 0 Å². The van der Waals surface area contributed by atoms with Crippen LogP contribution in [0.25, 0.3) is 60.6 Å². The molecule has 304 valence electrons. The van der Waals surface area contributed by atoms with Gasteiger partial charge in [-0.25, -0.2) is 0 Å². The largest absolute Gasteiger partial charge is 0.456 e. The number of benzene rings is 10. The highest BCUT2D eigenvalue weighted by Crippen LogP contribution is 2.58. The maximum absolute atomic E-state index is 6.26. The number of furan rings is 1. The molecule has 0 radical (unpaired) electrons. The van der Waals surface area contributed by atoms with Crippen LogP contribution in [-0.2, 0) is 0 Å². The van der Waals surface area contributed by atoms with Gasteiger partial charge in [0.15, 0.2) is 8.07 Å². The average molecular weight is 844 g/mol. The smallest absolute Gasteiger partial charge is 0.179 e. The van der Waals surface area contributed by atoms with E-state index < -0.39 is 8.07 Å². The lowest BCUT2D eigenvalue weighted by atomic mass is 9.60. The lowest BCUT2D eigenvalue weighted by molar-refractivity contribution is 0.669. The molecule has 0 atom stereocenters. The molecule has 15 rings (SSSR count). The first-order valence-corrected chi connectivity index (χ1v) is 24.7. The molecular formula is C62H41NOSi. The van der Waals surface area contributed by atoms with Crippen molar-refractivity contribution in [2.75, 3.05) is 0 Å². The molecule has 3 heteroatoms. The van der Waals surface area contributed by atoms with Gasteiger partial charge in [-0.15, -0.1) is 0 Å². The van der Waals surface area contributed by atoms with Crippen LogP contribution in [0.4, 0.5) is 0 Å². The molecule has 2 nitrogen and oxygen atoms in total. The predicted molar refractivity (Wildman–Crippen MR) is 272 cm³/mol. The topological polar surface area (TPSA) is 18.1 Å².